The van der Waals surface area contributed by atoms with Crippen molar-refractivity contribution in [2.24, 2.45) is 0 Å². The first-order chi connectivity index (χ1) is 11.6. The van der Waals surface area contributed by atoms with Gasteiger partial charge in [-0.2, -0.15) is 0 Å². The highest BCUT2D eigenvalue weighted by atomic mass is 35.5. The molecule has 2 rings (SSSR count). The molecule has 0 saturated heterocycles. The van der Waals surface area contributed by atoms with E-state index in [1.54, 1.807) is 49.6 Å². The lowest BCUT2D eigenvalue weighted by atomic mass is 10.2. The summed E-state index contributed by atoms with van der Waals surface area (Å²) in [4.78, 5) is 12.3. The van der Waals surface area contributed by atoms with E-state index in [-0.39, 0.29) is 18.3 Å². The number of nitrogens with one attached hydrogen (secondary N) is 1. The van der Waals surface area contributed by atoms with Crippen LogP contribution in [0.2, 0.25) is 0 Å². The van der Waals surface area contributed by atoms with E-state index < -0.39 is 0 Å². The number of methoxy groups -OCH3 is 1. The number of unbranched alkanes of at least 4 members (excludes halogenated alkanes) is 2. The van der Waals surface area contributed by atoms with Crippen molar-refractivity contribution in [3.63, 3.8) is 0 Å². The Morgan fingerprint density at radius 3 is 2.40 bits per heavy atom. The molecule has 0 fully saturated rings. The van der Waals surface area contributed by atoms with Gasteiger partial charge in [-0.3, -0.25) is 4.79 Å². The number of carbonyl (C=O) groups is 1. The van der Waals surface area contributed by atoms with Gasteiger partial charge in [0.05, 0.1) is 25.1 Å². The van der Waals surface area contributed by atoms with E-state index in [2.05, 4.69) is 12.2 Å². The minimum atomic E-state index is -0.229. The fraction of sp³-hybridized carbons (Fsp3) is 0.316. The normalized spacial score (nSPS) is 9.84. The summed E-state index contributed by atoms with van der Waals surface area (Å²) in [5.74, 6) is 1.17. The highest BCUT2D eigenvalue weighted by molar-refractivity contribution is 6.05. The summed E-state index contributed by atoms with van der Waals surface area (Å²) in [6, 6.07) is 12.2. The van der Waals surface area contributed by atoms with Gasteiger partial charge in [0.1, 0.15) is 11.5 Å². The van der Waals surface area contributed by atoms with Crippen LogP contribution in [0.1, 0.15) is 36.5 Å². The number of rotatable bonds is 8. The summed E-state index contributed by atoms with van der Waals surface area (Å²) in [5.41, 5.74) is 7.44. The summed E-state index contributed by atoms with van der Waals surface area (Å²) in [6.45, 7) is 2.85. The fourth-order valence-corrected chi connectivity index (χ4v) is 2.21. The molecule has 0 unspecified atom stereocenters. The molecule has 6 heteroatoms. The van der Waals surface area contributed by atoms with E-state index in [1.807, 2.05) is 0 Å². The van der Waals surface area contributed by atoms with Crippen LogP contribution in [0.15, 0.2) is 42.5 Å². The van der Waals surface area contributed by atoms with E-state index in [4.69, 9.17) is 15.2 Å². The summed E-state index contributed by atoms with van der Waals surface area (Å²) in [6.07, 6.45) is 3.35. The van der Waals surface area contributed by atoms with Crippen molar-refractivity contribution in [1.29, 1.82) is 0 Å². The van der Waals surface area contributed by atoms with Crippen molar-refractivity contribution in [1.82, 2.24) is 0 Å². The predicted octanol–water partition coefficient (Wildman–Crippen LogP) is 4.52. The Kier molecular flexibility index (Phi) is 8.64. The number of amides is 1. The van der Waals surface area contributed by atoms with E-state index in [0.717, 1.165) is 25.0 Å². The number of benzene rings is 2. The second-order valence-corrected chi connectivity index (χ2v) is 5.49. The number of anilines is 2. The molecule has 0 spiro atoms. The van der Waals surface area contributed by atoms with Crippen molar-refractivity contribution in [3.8, 4) is 11.5 Å². The van der Waals surface area contributed by atoms with E-state index in [0.29, 0.717) is 29.3 Å². The van der Waals surface area contributed by atoms with Gasteiger partial charge in [0, 0.05) is 11.6 Å². The Balaban J connectivity index is 0.00000312. The van der Waals surface area contributed by atoms with Crippen LogP contribution in [0.5, 0.6) is 11.5 Å². The van der Waals surface area contributed by atoms with Gasteiger partial charge in [0.2, 0.25) is 0 Å². The van der Waals surface area contributed by atoms with Crippen LogP contribution < -0.4 is 20.5 Å². The number of nitrogens with two attached hydrogens (primary N) is 1. The first kappa shape index (κ1) is 20.6. The highest BCUT2D eigenvalue weighted by Crippen LogP contribution is 2.25. The second-order valence-electron chi connectivity index (χ2n) is 5.49. The van der Waals surface area contributed by atoms with Gasteiger partial charge in [0.25, 0.3) is 5.91 Å². The lowest BCUT2D eigenvalue weighted by Crippen LogP contribution is -2.13. The molecule has 136 valence electrons. The van der Waals surface area contributed by atoms with Crippen molar-refractivity contribution in [3.05, 3.63) is 48.0 Å². The van der Waals surface area contributed by atoms with Gasteiger partial charge in [-0.1, -0.05) is 19.8 Å². The van der Waals surface area contributed by atoms with Crippen molar-refractivity contribution in [2.45, 2.75) is 26.2 Å². The van der Waals surface area contributed by atoms with Gasteiger partial charge in [-0.25, -0.2) is 0 Å². The quantitative estimate of drug-likeness (QED) is 0.533. The van der Waals surface area contributed by atoms with Crippen LogP contribution in [-0.4, -0.2) is 19.6 Å². The Morgan fingerprint density at radius 1 is 1.08 bits per heavy atom. The molecular weight excluding hydrogens is 340 g/mol. The van der Waals surface area contributed by atoms with Gasteiger partial charge in [0.15, 0.2) is 0 Å². The van der Waals surface area contributed by atoms with Crippen LogP contribution in [0, 0.1) is 0 Å². The molecule has 3 N–H and O–H groups in total. The molecular formula is C19H25ClN2O3. The predicted molar refractivity (Wildman–Crippen MR) is 104 cm³/mol. The molecule has 0 atom stereocenters. The van der Waals surface area contributed by atoms with Gasteiger partial charge < -0.3 is 20.5 Å². The first-order valence-corrected chi connectivity index (χ1v) is 8.11. The molecule has 1 amide bonds. The number of hydrogen-bond acceptors (Lipinski definition) is 4. The molecule has 0 radical (unpaired) electrons. The summed E-state index contributed by atoms with van der Waals surface area (Å²) < 4.78 is 10.8. The SMILES string of the molecule is CCCCCOc1ccc(C(=O)Nc2cc(OC)ccc2N)cc1.Cl. The molecule has 0 heterocycles. The molecule has 2 aromatic rings. The van der Waals surface area contributed by atoms with Crippen LogP contribution in [-0.2, 0) is 0 Å². The first-order valence-electron chi connectivity index (χ1n) is 8.11. The number of ether oxygens (including phenoxy) is 2. The van der Waals surface area contributed by atoms with Crippen LogP contribution >= 0.6 is 12.4 Å². The molecule has 0 aliphatic rings. The topological polar surface area (TPSA) is 73.6 Å². The second kappa shape index (κ2) is 10.5. The number of halogens is 1. The smallest absolute Gasteiger partial charge is 0.255 e. The highest BCUT2D eigenvalue weighted by Gasteiger charge is 2.09. The summed E-state index contributed by atoms with van der Waals surface area (Å²) in [5, 5.41) is 2.80. The van der Waals surface area contributed by atoms with Crippen molar-refractivity contribution >= 4 is 29.7 Å². The maximum absolute atomic E-state index is 12.3. The summed E-state index contributed by atoms with van der Waals surface area (Å²) >= 11 is 0. The number of carbonyl (C=O) groups excluding carboxylic acids is 1. The van der Waals surface area contributed by atoms with Crippen LogP contribution in [0.25, 0.3) is 0 Å². The maximum atomic E-state index is 12.3. The molecule has 0 bridgehead atoms. The average molecular weight is 365 g/mol. The Hall–Kier alpha value is -2.40. The Bertz CT molecular complexity index is 675. The zero-order valence-electron chi connectivity index (χ0n) is 14.6. The lowest BCUT2D eigenvalue weighted by Gasteiger charge is -2.10. The van der Waals surface area contributed by atoms with Gasteiger partial charge in [-0.15, -0.1) is 12.4 Å². The third-order valence-corrected chi connectivity index (χ3v) is 3.64. The van der Waals surface area contributed by atoms with E-state index >= 15 is 0 Å². The number of hydrogen-bond donors (Lipinski definition) is 2. The average Bonchev–Trinajstić information content (AvgIpc) is 2.61. The van der Waals surface area contributed by atoms with Crippen molar-refractivity contribution in [2.75, 3.05) is 24.8 Å². The van der Waals surface area contributed by atoms with E-state index in [1.165, 1.54) is 0 Å². The fourth-order valence-electron chi connectivity index (χ4n) is 2.21. The monoisotopic (exact) mass is 364 g/mol. The Morgan fingerprint density at radius 2 is 1.76 bits per heavy atom. The third-order valence-electron chi connectivity index (χ3n) is 3.64. The Labute approximate surface area is 154 Å². The molecule has 0 saturated carbocycles. The van der Waals surface area contributed by atoms with Gasteiger partial charge in [-0.05, 0) is 42.8 Å². The van der Waals surface area contributed by atoms with Crippen LogP contribution in [0.3, 0.4) is 0 Å². The third kappa shape index (κ3) is 6.19. The molecule has 0 aliphatic heterocycles. The molecule has 0 aromatic heterocycles. The lowest BCUT2D eigenvalue weighted by molar-refractivity contribution is 0.102. The van der Waals surface area contributed by atoms with E-state index in [9.17, 15) is 4.79 Å². The molecule has 25 heavy (non-hydrogen) atoms. The zero-order valence-corrected chi connectivity index (χ0v) is 15.4. The minimum absolute atomic E-state index is 0. The zero-order chi connectivity index (χ0) is 17.4. The minimum Gasteiger partial charge on any atom is -0.497 e. The largest absolute Gasteiger partial charge is 0.497 e. The van der Waals surface area contributed by atoms with Crippen molar-refractivity contribution < 1.29 is 14.3 Å². The maximum Gasteiger partial charge on any atom is 0.255 e. The molecule has 0 aliphatic carbocycles. The number of nitrogen functional groups attached to an aromatic ring is 1. The molecule has 2 aromatic carbocycles. The summed E-state index contributed by atoms with van der Waals surface area (Å²) in [7, 11) is 1.57. The molecule has 5 nitrogen and oxygen atoms in total. The van der Waals surface area contributed by atoms with Crippen LogP contribution in [0.4, 0.5) is 11.4 Å². The van der Waals surface area contributed by atoms with Gasteiger partial charge >= 0.3 is 0 Å². The standard InChI is InChI=1S/C19H24N2O3.ClH/c1-3-4-5-12-24-15-8-6-14(7-9-15)19(22)21-18-13-16(23-2)10-11-17(18)20;/h6-11,13H,3-5,12,20H2,1-2H3,(H,21,22);1H.